The molecule has 0 aliphatic heterocycles. The zero-order valence-electron chi connectivity index (χ0n) is 14.6. The average Bonchev–Trinajstić information content (AvgIpc) is 3.28. The summed E-state index contributed by atoms with van der Waals surface area (Å²) in [5.41, 5.74) is 3.77. The minimum absolute atomic E-state index is 0.0928. The Hall–Kier alpha value is -3.08. The molecule has 132 valence electrons. The first kappa shape index (κ1) is 16.4. The monoisotopic (exact) mass is 346 g/mol. The highest BCUT2D eigenvalue weighted by Gasteiger charge is 2.23. The second kappa shape index (κ2) is 7.44. The maximum absolute atomic E-state index is 12.3. The molecule has 0 radical (unpaired) electrons. The van der Waals surface area contributed by atoms with E-state index in [1.807, 2.05) is 36.5 Å². The molecule has 1 aromatic heterocycles. The molecule has 2 amide bonds. The zero-order chi connectivity index (χ0) is 17.8. The van der Waals surface area contributed by atoms with Gasteiger partial charge in [0.2, 0.25) is 0 Å². The fraction of sp³-hybridized carbons (Fsp3) is 0.238. The normalized spacial score (nSPS) is 15.5. The number of carbonyl (C=O) groups excluding carboxylic acids is 1. The fourth-order valence-electron chi connectivity index (χ4n) is 3.51. The summed E-state index contributed by atoms with van der Waals surface area (Å²) in [5, 5.41) is 6.02. The van der Waals surface area contributed by atoms with E-state index in [2.05, 4.69) is 44.5 Å². The van der Waals surface area contributed by atoms with E-state index in [4.69, 9.17) is 0 Å². The smallest absolute Gasteiger partial charge is 0.315 e. The highest BCUT2D eigenvalue weighted by molar-refractivity contribution is 5.74. The van der Waals surface area contributed by atoms with Gasteiger partial charge in [-0.05, 0) is 29.5 Å². The molecular formula is C21H22N4O. The van der Waals surface area contributed by atoms with Gasteiger partial charge in [0.1, 0.15) is 5.82 Å². The van der Waals surface area contributed by atoms with Crippen molar-refractivity contribution in [1.29, 1.82) is 0 Å². The minimum atomic E-state index is -0.152. The summed E-state index contributed by atoms with van der Waals surface area (Å²) in [5.74, 6) is 0.843. The largest absolute Gasteiger partial charge is 0.331 e. The van der Waals surface area contributed by atoms with Crippen LogP contribution in [0, 0.1) is 0 Å². The van der Waals surface area contributed by atoms with Gasteiger partial charge < -0.3 is 15.2 Å². The Bertz CT molecular complexity index is 888. The molecule has 1 heterocycles. The van der Waals surface area contributed by atoms with Crippen LogP contribution in [-0.4, -0.2) is 15.6 Å². The maximum Gasteiger partial charge on any atom is 0.315 e. The number of aromatic nitrogens is 2. The van der Waals surface area contributed by atoms with Crippen molar-refractivity contribution in [1.82, 2.24) is 20.2 Å². The summed E-state index contributed by atoms with van der Waals surface area (Å²) >= 11 is 0. The average molecular weight is 346 g/mol. The Kier molecular flexibility index (Phi) is 4.69. The zero-order valence-corrected chi connectivity index (χ0v) is 14.6. The van der Waals surface area contributed by atoms with Gasteiger partial charge in [0.25, 0.3) is 0 Å². The second-order valence-electron chi connectivity index (χ2n) is 6.57. The number of hydrogen-bond acceptors (Lipinski definition) is 2. The third kappa shape index (κ3) is 3.61. The van der Waals surface area contributed by atoms with Gasteiger partial charge in [-0.1, -0.05) is 54.6 Å². The number of nitrogens with zero attached hydrogens (tertiary/aromatic N) is 2. The number of benzene rings is 2. The summed E-state index contributed by atoms with van der Waals surface area (Å²) in [6.45, 7) is 1.15. The molecule has 1 aliphatic carbocycles. The minimum Gasteiger partial charge on any atom is -0.331 e. The van der Waals surface area contributed by atoms with Gasteiger partial charge >= 0.3 is 6.03 Å². The lowest BCUT2D eigenvalue weighted by molar-refractivity contribution is 0.236. The van der Waals surface area contributed by atoms with E-state index in [9.17, 15) is 4.79 Å². The van der Waals surface area contributed by atoms with E-state index in [0.717, 1.165) is 25.2 Å². The van der Waals surface area contributed by atoms with Crippen LogP contribution in [0.15, 0.2) is 67.0 Å². The molecule has 2 aromatic carbocycles. The quantitative estimate of drug-likeness (QED) is 0.744. The highest BCUT2D eigenvalue weighted by Crippen LogP contribution is 2.30. The second-order valence-corrected chi connectivity index (χ2v) is 6.57. The molecule has 1 atom stereocenters. The predicted molar refractivity (Wildman–Crippen MR) is 101 cm³/mol. The summed E-state index contributed by atoms with van der Waals surface area (Å²) in [6.07, 6.45) is 5.68. The first-order chi connectivity index (χ1) is 12.8. The molecule has 3 aromatic rings. The van der Waals surface area contributed by atoms with E-state index in [-0.39, 0.29) is 12.1 Å². The topological polar surface area (TPSA) is 59.0 Å². The van der Waals surface area contributed by atoms with Crippen LogP contribution in [0.2, 0.25) is 0 Å². The van der Waals surface area contributed by atoms with Crippen LogP contribution in [0.5, 0.6) is 0 Å². The molecule has 0 bridgehead atoms. The number of amides is 2. The van der Waals surface area contributed by atoms with E-state index in [1.165, 1.54) is 16.7 Å². The van der Waals surface area contributed by atoms with E-state index in [0.29, 0.717) is 6.54 Å². The first-order valence-electron chi connectivity index (χ1n) is 8.96. The molecule has 5 heteroatoms. The molecule has 0 fully saturated rings. The molecule has 26 heavy (non-hydrogen) atoms. The molecule has 5 nitrogen and oxygen atoms in total. The van der Waals surface area contributed by atoms with Crippen LogP contribution in [0.25, 0.3) is 0 Å². The molecule has 2 N–H and O–H groups in total. The first-order valence-corrected chi connectivity index (χ1v) is 8.96. The van der Waals surface area contributed by atoms with Crippen molar-refractivity contribution in [2.24, 2.45) is 0 Å². The number of aryl methyl sites for hydroxylation is 1. The molecular weight excluding hydrogens is 324 g/mol. The predicted octanol–water partition coefficient (Wildman–Crippen LogP) is 3.42. The van der Waals surface area contributed by atoms with Crippen molar-refractivity contribution in [3.05, 3.63) is 89.5 Å². The van der Waals surface area contributed by atoms with Gasteiger partial charge in [0.15, 0.2) is 0 Å². The third-order valence-corrected chi connectivity index (χ3v) is 4.84. The van der Waals surface area contributed by atoms with Gasteiger partial charge in [0.05, 0.1) is 12.6 Å². The van der Waals surface area contributed by atoms with Crippen LogP contribution in [0.3, 0.4) is 0 Å². The van der Waals surface area contributed by atoms with Gasteiger partial charge in [-0.15, -0.1) is 0 Å². The van der Waals surface area contributed by atoms with Crippen LogP contribution in [-0.2, 0) is 19.5 Å². The van der Waals surface area contributed by atoms with Crippen molar-refractivity contribution < 1.29 is 4.79 Å². The van der Waals surface area contributed by atoms with E-state index < -0.39 is 0 Å². The molecule has 4 rings (SSSR count). The number of nitrogens with one attached hydrogen (secondary N) is 2. The number of rotatable bonds is 5. The molecule has 0 unspecified atom stereocenters. The summed E-state index contributed by atoms with van der Waals surface area (Å²) in [4.78, 5) is 16.7. The standard InChI is InChI=1S/C21H22N4O/c26-21(24-19-11-10-17-8-4-5-9-18(17)19)23-14-20-22-12-13-25(20)15-16-6-2-1-3-7-16/h1-9,12-13,19H,10-11,14-15H2,(H2,23,24,26)/t19-/m0/s1. The Balaban J connectivity index is 1.34. The molecule has 1 aliphatic rings. The molecule has 0 spiro atoms. The van der Waals surface area contributed by atoms with Crippen LogP contribution in [0.1, 0.15) is 35.0 Å². The van der Waals surface area contributed by atoms with Crippen LogP contribution >= 0.6 is 0 Å². The number of imidazole rings is 1. The van der Waals surface area contributed by atoms with Gasteiger partial charge in [-0.3, -0.25) is 0 Å². The fourth-order valence-corrected chi connectivity index (χ4v) is 3.51. The van der Waals surface area contributed by atoms with Crippen molar-refractivity contribution in [3.63, 3.8) is 0 Å². The van der Waals surface area contributed by atoms with Crippen molar-refractivity contribution >= 4 is 6.03 Å². The summed E-state index contributed by atoms with van der Waals surface area (Å²) < 4.78 is 2.06. The Morgan fingerprint density at radius 2 is 1.92 bits per heavy atom. The maximum atomic E-state index is 12.3. The summed E-state index contributed by atoms with van der Waals surface area (Å²) in [7, 11) is 0. The number of fused-ring (bicyclic) bond motifs is 1. The van der Waals surface area contributed by atoms with Crippen molar-refractivity contribution in [2.75, 3.05) is 0 Å². The van der Waals surface area contributed by atoms with Gasteiger partial charge in [-0.2, -0.15) is 0 Å². The van der Waals surface area contributed by atoms with Crippen molar-refractivity contribution in [2.45, 2.75) is 32.0 Å². The lowest BCUT2D eigenvalue weighted by atomic mass is 10.1. The molecule has 0 saturated heterocycles. The van der Waals surface area contributed by atoms with Crippen molar-refractivity contribution in [3.8, 4) is 0 Å². The third-order valence-electron chi connectivity index (χ3n) is 4.84. The highest BCUT2D eigenvalue weighted by atomic mass is 16.2. The lowest BCUT2D eigenvalue weighted by Gasteiger charge is -2.15. The van der Waals surface area contributed by atoms with Crippen LogP contribution in [0.4, 0.5) is 4.79 Å². The molecule has 0 saturated carbocycles. The van der Waals surface area contributed by atoms with Crippen LogP contribution < -0.4 is 10.6 Å². The Labute approximate surface area is 153 Å². The Morgan fingerprint density at radius 3 is 2.81 bits per heavy atom. The Morgan fingerprint density at radius 1 is 1.12 bits per heavy atom. The summed E-state index contributed by atoms with van der Waals surface area (Å²) in [6, 6.07) is 18.5. The van der Waals surface area contributed by atoms with Gasteiger partial charge in [0, 0.05) is 18.9 Å². The van der Waals surface area contributed by atoms with Gasteiger partial charge in [-0.25, -0.2) is 9.78 Å². The number of urea groups is 1. The van der Waals surface area contributed by atoms with E-state index >= 15 is 0 Å². The lowest BCUT2D eigenvalue weighted by Crippen LogP contribution is -2.37. The van der Waals surface area contributed by atoms with E-state index in [1.54, 1.807) is 6.20 Å². The SMILES string of the molecule is O=C(NCc1nccn1Cc1ccccc1)N[C@H]1CCc2ccccc21. The number of carbonyl (C=O) groups is 1. The number of hydrogen-bond donors (Lipinski definition) is 2.